The summed E-state index contributed by atoms with van der Waals surface area (Å²) in [6, 6.07) is 2.58. The standard InChI is InChI=1S/C19H24ClF2N2O3.Na.H2/c1-18(2,3)27-17(25)24-10-19(11-24)8-6-12(7-9-19)26-16-13(15(21)22)4-5-14(20)23-16;;/h4-5,10,12,15H,6-9,11H2,1-3H3;;1H/q-1;+1;. The molecule has 1 amide bonds. The molecule has 0 bridgehead atoms. The minimum Gasteiger partial charge on any atom is -0.474 e. The summed E-state index contributed by atoms with van der Waals surface area (Å²) < 4.78 is 37.3. The quantitative estimate of drug-likeness (QED) is 0.423. The minimum atomic E-state index is -2.66. The first-order valence-electron chi connectivity index (χ1n) is 9.04. The van der Waals surface area contributed by atoms with E-state index in [9.17, 15) is 13.6 Å². The summed E-state index contributed by atoms with van der Waals surface area (Å²) in [4.78, 5) is 17.6. The van der Waals surface area contributed by atoms with E-state index in [0.717, 1.165) is 12.8 Å². The van der Waals surface area contributed by atoms with E-state index in [1.807, 2.05) is 27.3 Å². The number of hydrogen-bond donors (Lipinski definition) is 0. The zero-order valence-corrected chi connectivity index (χ0v) is 19.4. The molecular weight excluding hydrogens is 401 g/mol. The molecule has 1 aliphatic carbocycles. The smallest absolute Gasteiger partial charge is 0.474 e. The average molecular weight is 427 g/mol. The van der Waals surface area contributed by atoms with Crippen LogP contribution in [-0.4, -0.2) is 34.2 Å². The molecular formula is C19H26ClF2N2NaO3. The van der Waals surface area contributed by atoms with E-state index >= 15 is 0 Å². The molecule has 9 heteroatoms. The van der Waals surface area contributed by atoms with Crippen molar-refractivity contribution >= 4 is 17.7 Å². The number of alkyl halides is 2. The number of aromatic nitrogens is 1. The summed E-state index contributed by atoms with van der Waals surface area (Å²) in [5.41, 5.74) is -0.804. The fraction of sp³-hybridized carbons (Fsp3) is 0.632. The van der Waals surface area contributed by atoms with Gasteiger partial charge in [-0.15, -0.1) is 5.41 Å². The van der Waals surface area contributed by atoms with Crippen LogP contribution in [0, 0.1) is 12.0 Å². The first-order chi connectivity index (χ1) is 12.6. The van der Waals surface area contributed by atoms with E-state index in [1.165, 1.54) is 12.1 Å². The number of hydrogen-bond acceptors (Lipinski definition) is 4. The van der Waals surface area contributed by atoms with Gasteiger partial charge in [0.1, 0.15) is 16.9 Å². The Balaban J connectivity index is 0.00000210. The Morgan fingerprint density at radius 2 is 2.00 bits per heavy atom. The number of amides is 1. The molecule has 5 nitrogen and oxygen atoms in total. The molecule has 2 aliphatic rings. The van der Waals surface area contributed by atoms with E-state index in [0.29, 0.717) is 19.4 Å². The molecule has 1 saturated heterocycles. The second-order valence-corrected chi connectivity index (χ2v) is 8.63. The Kier molecular flexibility index (Phi) is 7.62. The summed E-state index contributed by atoms with van der Waals surface area (Å²) in [5.74, 6) is -0.0913. The number of pyridine rings is 1. The van der Waals surface area contributed by atoms with Crippen LogP contribution in [0.5, 0.6) is 5.88 Å². The van der Waals surface area contributed by atoms with Crippen LogP contribution in [0.4, 0.5) is 13.6 Å². The molecule has 1 spiro atoms. The van der Waals surface area contributed by atoms with Crippen molar-refractivity contribution in [1.29, 1.82) is 0 Å². The van der Waals surface area contributed by atoms with Crippen LogP contribution in [0.1, 0.15) is 59.9 Å². The molecule has 152 valence electrons. The van der Waals surface area contributed by atoms with Gasteiger partial charge in [0.15, 0.2) is 0 Å². The first-order valence-corrected chi connectivity index (χ1v) is 9.42. The molecule has 0 unspecified atom stereocenters. The van der Waals surface area contributed by atoms with E-state index in [1.54, 1.807) is 4.90 Å². The number of likely N-dealkylation sites (tertiary alicyclic amines) is 1. The molecule has 0 atom stereocenters. The van der Waals surface area contributed by atoms with E-state index in [4.69, 9.17) is 21.1 Å². The summed E-state index contributed by atoms with van der Waals surface area (Å²) in [6.45, 7) is 8.05. The van der Waals surface area contributed by atoms with Crippen LogP contribution in [-0.2, 0) is 4.74 Å². The summed E-state index contributed by atoms with van der Waals surface area (Å²) in [6.07, 6.45) is -0.143. The molecule has 0 radical (unpaired) electrons. The monoisotopic (exact) mass is 426 g/mol. The number of halogens is 3. The van der Waals surface area contributed by atoms with Gasteiger partial charge in [-0.2, -0.15) is 0 Å². The van der Waals surface area contributed by atoms with Gasteiger partial charge in [0.05, 0.1) is 5.56 Å². The second-order valence-electron chi connectivity index (χ2n) is 8.25. The van der Waals surface area contributed by atoms with Crippen molar-refractivity contribution in [3.05, 3.63) is 29.4 Å². The molecule has 2 heterocycles. The number of rotatable bonds is 3. The predicted molar refractivity (Wildman–Crippen MR) is 98.9 cm³/mol. The largest absolute Gasteiger partial charge is 1.00 e. The van der Waals surface area contributed by atoms with Crippen LogP contribution < -0.4 is 34.3 Å². The topological polar surface area (TPSA) is 51.7 Å². The molecule has 3 rings (SSSR count). The van der Waals surface area contributed by atoms with Crippen LogP contribution in [0.3, 0.4) is 0 Å². The van der Waals surface area contributed by atoms with Gasteiger partial charge >= 0.3 is 35.7 Å². The zero-order chi connectivity index (χ0) is 19.8. The maximum Gasteiger partial charge on any atom is 1.00 e. The van der Waals surface area contributed by atoms with Crippen molar-refractivity contribution in [3.8, 4) is 5.88 Å². The van der Waals surface area contributed by atoms with Crippen molar-refractivity contribution in [2.75, 3.05) is 6.54 Å². The van der Waals surface area contributed by atoms with Crippen molar-refractivity contribution in [3.63, 3.8) is 0 Å². The van der Waals surface area contributed by atoms with Crippen LogP contribution in [0.2, 0.25) is 5.15 Å². The van der Waals surface area contributed by atoms with Gasteiger partial charge in [-0.05, 0) is 52.3 Å². The Bertz CT molecular complexity index is 705. The number of carbonyl (C=O) groups is 1. The number of ether oxygens (including phenoxy) is 2. The van der Waals surface area contributed by atoms with Gasteiger partial charge in [0.2, 0.25) is 5.88 Å². The zero-order valence-electron chi connectivity index (χ0n) is 16.7. The minimum absolute atomic E-state index is 0. The number of nitrogens with zero attached hydrogens (tertiary/aromatic N) is 2. The molecule has 1 aromatic rings. The van der Waals surface area contributed by atoms with Crippen molar-refractivity contribution < 1.29 is 54.0 Å². The summed E-state index contributed by atoms with van der Waals surface area (Å²) >= 11 is 5.82. The average Bonchev–Trinajstić information content (AvgIpc) is 2.51. The molecule has 0 aromatic carbocycles. The van der Waals surface area contributed by atoms with E-state index in [-0.39, 0.29) is 65.2 Å². The van der Waals surface area contributed by atoms with Crippen molar-refractivity contribution in [2.24, 2.45) is 5.41 Å². The number of carbonyl (C=O) groups excluding carboxylic acids is 1. The third-order valence-electron chi connectivity index (χ3n) is 4.84. The van der Waals surface area contributed by atoms with E-state index < -0.39 is 12.0 Å². The summed E-state index contributed by atoms with van der Waals surface area (Å²) in [5, 5.41) is 0.127. The Morgan fingerprint density at radius 1 is 1.39 bits per heavy atom. The predicted octanol–water partition coefficient (Wildman–Crippen LogP) is 2.64. The van der Waals surface area contributed by atoms with Gasteiger partial charge in [0.25, 0.3) is 6.43 Å². The normalized spacial score (nSPS) is 24.5. The molecule has 2 fully saturated rings. The third-order valence-corrected chi connectivity index (χ3v) is 5.05. The van der Waals surface area contributed by atoms with Crippen molar-refractivity contribution in [1.82, 2.24) is 9.88 Å². The van der Waals surface area contributed by atoms with Crippen LogP contribution in [0.25, 0.3) is 0 Å². The molecule has 1 aromatic heterocycles. The SMILES string of the molecule is CC(C)(C)OC(=O)N1[CH-]C2(CCC(Oc3nc(Cl)ccc3C(F)F)CC2)C1.[HH].[Na+]. The maximum atomic E-state index is 13.1. The molecule has 28 heavy (non-hydrogen) atoms. The molecule has 0 N–H and O–H groups in total. The fourth-order valence-corrected chi connectivity index (χ4v) is 3.64. The Morgan fingerprint density at radius 3 is 2.54 bits per heavy atom. The van der Waals surface area contributed by atoms with Gasteiger partial charge in [-0.1, -0.05) is 24.4 Å². The van der Waals surface area contributed by atoms with Gasteiger partial charge in [0, 0.05) is 1.43 Å². The Labute approximate surface area is 192 Å². The fourth-order valence-electron chi connectivity index (χ4n) is 3.50. The second kappa shape index (κ2) is 9.02. The van der Waals surface area contributed by atoms with Gasteiger partial charge in [-0.3, -0.25) is 0 Å². The summed E-state index contributed by atoms with van der Waals surface area (Å²) in [7, 11) is 0. The van der Waals surface area contributed by atoms with Crippen molar-refractivity contribution in [2.45, 2.75) is 64.6 Å². The van der Waals surface area contributed by atoms with Gasteiger partial charge < -0.3 is 14.4 Å². The maximum absolute atomic E-state index is 13.1. The first kappa shape index (κ1) is 23.6. The van der Waals surface area contributed by atoms with Gasteiger partial charge in [-0.25, -0.2) is 25.1 Å². The molecule has 1 aliphatic heterocycles. The van der Waals surface area contributed by atoms with Crippen LogP contribution >= 0.6 is 11.6 Å². The Hall–Kier alpha value is -0.630. The molecule has 1 saturated carbocycles. The van der Waals surface area contributed by atoms with E-state index in [2.05, 4.69) is 4.98 Å². The van der Waals surface area contributed by atoms with Crippen LogP contribution in [0.15, 0.2) is 12.1 Å². The third kappa shape index (κ3) is 5.71.